The van der Waals surface area contributed by atoms with Crippen molar-refractivity contribution in [1.29, 1.82) is 0 Å². The van der Waals surface area contributed by atoms with E-state index >= 15 is 0 Å². The van der Waals surface area contributed by atoms with Crippen LogP contribution >= 0.6 is 0 Å². The summed E-state index contributed by atoms with van der Waals surface area (Å²) in [6.07, 6.45) is 1.94. The van der Waals surface area contributed by atoms with Gasteiger partial charge in [0.15, 0.2) is 0 Å². The lowest BCUT2D eigenvalue weighted by atomic mass is 9.77. The van der Waals surface area contributed by atoms with Gasteiger partial charge >= 0.3 is 5.97 Å². The molecule has 0 fully saturated rings. The highest BCUT2D eigenvalue weighted by Crippen LogP contribution is 2.48. The number of allylic oxidation sites excluding steroid dienone is 2. The third-order valence-corrected chi connectivity index (χ3v) is 5.03. The lowest BCUT2D eigenvalue weighted by Crippen LogP contribution is -2.33. The molecule has 4 rings (SSSR count). The highest BCUT2D eigenvalue weighted by Gasteiger charge is 2.30. The molecule has 0 radical (unpaired) electrons. The van der Waals surface area contributed by atoms with Crippen LogP contribution in [-0.4, -0.2) is 17.0 Å². The largest absolute Gasteiger partial charge is 0.481 e. The van der Waals surface area contributed by atoms with Crippen LogP contribution in [-0.2, 0) is 16.1 Å². The number of nitrogens with zero attached hydrogens (tertiary/aromatic N) is 1. The van der Waals surface area contributed by atoms with Crippen molar-refractivity contribution < 1.29 is 14.7 Å². The molecule has 1 aliphatic carbocycles. The Morgan fingerprint density at radius 1 is 0.880 bits per heavy atom. The summed E-state index contributed by atoms with van der Waals surface area (Å²) in [6.45, 7) is 0.475. The van der Waals surface area contributed by atoms with Gasteiger partial charge in [-0.1, -0.05) is 42.5 Å². The van der Waals surface area contributed by atoms with Crippen molar-refractivity contribution in [1.82, 2.24) is 0 Å². The van der Waals surface area contributed by atoms with Crippen molar-refractivity contribution in [3.05, 3.63) is 65.2 Å². The average molecular weight is 333 g/mol. The molecule has 2 aromatic rings. The number of carboxylic acid groups (broad SMARTS) is 1. The van der Waals surface area contributed by atoms with Crippen molar-refractivity contribution in [2.75, 3.05) is 4.90 Å². The monoisotopic (exact) mass is 333 g/mol. The van der Waals surface area contributed by atoms with Crippen LogP contribution in [0.25, 0.3) is 11.1 Å². The molecule has 0 bridgehead atoms. The Labute approximate surface area is 146 Å². The number of amides is 1. The van der Waals surface area contributed by atoms with E-state index in [4.69, 9.17) is 5.11 Å². The number of carboxylic acids is 1. The van der Waals surface area contributed by atoms with Gasteiger partial charge in [0.05, 0.1) is 18.7 Å². The number of para-hydroxylation sites is 1. The summed E-state index contributed by atoms with van der Waals surface area (Å²) in [7, 11) is 0. The predicted molar refractivity (Wildman–Crippen MR) is 97.0 cm³/mol. The molecule has 4 nitrogen and oxygen atoms in total. The molecule has 126 valence electrons. The maximum absolute atomic E-state index is 12.8. The number of benzene rings is 2. The van der Waals surface area contributed by atoms with Gasteiger partial charge in [0.1, 0.15) is 0 Å². The number of fused-ring (bicyclic) bond motifs is 4. The number of carbonyl (C=O) groups is 2. The summed E-state index contributed by atoms with van der Waals surface area (Å²) >= 11 is 0. The van der Waals surface area contributed by atoms with Crippen LogP contribution in [0.4, 0.5) is 5.69 Å². The lowest BCUT2D eigenvalue weighted by Gasteiger charge is -2.35. The first-order valence-electron chi connectivity index (χ1n) is 8.57. The minimum atomic E-state index is -0.946. The maximum Gasteiger partial charge on any atom is 0.303 e. The first-order chi connectivity index (χ1) is 12.1. The molecule has 0 atom stereocenters. The fourth-order valence-corrected chi connectivity index (χ4v) is 3.71. The van der Waals surface area contributed by atoms with Gasteiger partial charge in [0.2, 0.25) is 5.91 Å². The Hall–Kier alpha value is -2.88. The van der Waals surface area contributed by atoms with Gasteiger partial charge in [0.25, 0.3) is 0 Å². The fraction of sp³-hybridized carbons (Fsp3) is 0.238. The highest BCUT2D eigenvalue weighted by atomic mass is 16.4. The minimum Gasteiger partial charge on any atom is -0.481 e. The molecule has 0 unspecified atom stereocenters. The maximum atomic E-state index is 12.8. The number of carbonyl (C=O) groups excluding carboxylic acids is 1. The molecule has 1 amide bonds. The molecular formula is C21H19NO3. The molecule has 0 saturated carbocycles. The number of aliphatic carboxylic acids is 1. The second kappa shape index (κ2) is 6.20. The van der Waals surface area contributed by atoms with E-state index < -0.39 is 5.97 Å². The topological polar surface area (TPSA) is 57.6 Å². The van der Waals surface area contributed by atoms with E-state index in [9.17, 15) is 9.59 Å². The molecule has 1 N–H and O–H groups in total. The molecule has 25 heavy (non-hydrogen) atoms. The van der Waals surface area contributed by atoms with Gasteiger partial charge < -0.3 is 10.0 Å². The molecule has 0 spiro atoms. The zero-order valence-electron chi connectivity index (χ0n) is 13.9. The average Bonchev–Trinajstić information content (AvgIpc) is 2.58. The second-order valence-corrected chi connectivity index (χ2v) is 6.51. The summed E-state index contributed by atoms with van der Waals surface area (Å²) in [6, 6.07) is 16.2. The van der Waals surface area contributed by atoms with Crippen molar-refractivity contribution in [3.63, 3.8) is 0 Å². The van der Waals surface area contributed by atoms with Gasteiger partial charge in [-0.3, -0.25) is 9.59 Å². The third kappa shape index (κ3) is 2.74. The normalized spacial score (nSPS) is 15.3. The van der Waals surface area contributed by atoms with E-state index in [1.807, 2.05) is 30.3 Å². The van der Waals surface area contributed by atoms with Crippen LogP contribution in [0.5, 0.6) is 0 Å². The van der Waals surface area contributed by atoms with E-state index in [2.05, 4.69) is 18.2 Å². The van der Waals surface area contributed by atoms with Gasteiger partial charge in [-0.25, -0.2) is 0 Å². The Morgan fingerprint density at radius 3 is 2.24 bits per heavy atom. The molecular weight excluding hydrogens is 314 g/mol. The Kier molecular flexibility index (Phi) is 3.88. The smallest absolute Gasteiger partial charge is 0.303 e. The fourth-order valence-electron chi connectivity index (χ4n) is 3.71. The molecule has 1 heterocycles. The quantitative estimate of drug-likeness (QED) is 0.920. The zero-order chi connectivity index (χ0) is 17.4. The third-order valence-electron chi connectivity index (χ3n) is 5.03. The Morgan fingerprint density at radius 2 is 1.52 bits per heavy atom. The van der Waals surface area contributed by atoms with E-state index in [0.717, 1.165) is 29.7 Å². The molecule has 0 saturated heterocycles. The zero-order valence-corrected chi connectivity index (χ0v) is 13.9. The standard InChI is InChI=1S/C21H19NO3/c23-20(11-12-21(24)25)22-13-14-5-1-2-6-15(14)16-9-10-17(16)18-7-3-4-8-19(18)22/h1-8H,9-13H2,(H,24,25). The summed E-state index contributed by atoms with van der Waals surface area (Å²) < 4.78 is 0. The lowest BCUT2D eigenvalue weighted by molar-refractivity contribution is -0.138. The summed E-state index contributed by atoms with van der Waals surface area (Å²) in [5.74, 6) is -1.09. The van der Waals surface area contributed by atoms with Crippen molar-refractivity contribution in [2.45, 2.75) is 32.2 Å². The summed E-state index contributed by atoms with van der Waals surface area (Å²) in [5, 5.41) is 8.92. The van der Waals surface area contributed by atoms with Crippen molar-refractivity contribution in [3.8, 4) is 0 Å². The first-order valence-corrected chi connectivity index (χ1v) is 8.57. The van der Waals surface area contributed by atoms with E-state index in [0.29, 0.717) is 6.54 Å². The van der Waals surface area contributed by atoms with Crippen LogP contribution in [0.2, 0.25) is 0 Å². The Bertz CT molecular complexity index is 898. The summed E-state index contributed by atoms with van der Waals surface area (Å²) in [4.78, 5) is 25.4. The number of rotatable bonds is 3. The van der Waals surface area contributed by atoms with Gasteiger partial charge in [-0.05, 0) is 41.2 Å². The van der Waals surface area contributed by atoms with Gasteiger partial charge in [-0.15, -0.1) is 0 Å². The van der Waals surface area contributed by atoms with Crippen LogP contribution in [0.3, 0.4) is 0 Å². The number of hydrogen-bond donors (Lipinski definition) is 1. The second-order valence-electron chi connectivity index (χ2n) is 6.51. The molecule has 2 aromatic carbocycles. The molecule has 4 heteroatoms. The van der Waals surface area contributed by atoms with Crippen molar-refractivity contribution in [2.24, 2.45) is 0 Å². The van der Waals surface area contributed by atoms with Crippen LogP contribution < -0.4 is 4.90 Å². The van der Waals surface area contributed by atoms with E-state index in [-0.39, 0.29) is 18.7 Å². The van der Waals surface area contributed by atoms with Crippen LogP contribution in [0.1, 0.15) is 42.4 Å². The number of hydrogen-bond acceptors (Lipinski definition) is 2. The minimum absolute atomic E-state index is 0.0116. The summed E-state index contributed by atoms with van der Waals surface area (Å²) in [5.41, 5.74) is 7.00. The molecule has 0 aromatic heterocycles. The first kappa shape index (κ1) is 15.6. The van der Waals surface area contributed by atoms with Crippen LogP contribution in [0.15, 0.2) is 48.5 Å². The van der Waals surface area contributed by atoms with Crippen molar-refractivity contribution >= 4 is 28.7 Å². The van der Waals surface area contributed by atoms with Crippen LogP contribution in [0, 0.1) is 0 Å². The highest BCUT2D eigenvalue weighted by molar-refractivity contribution is 6.05. The Balaban J connectivity index is 1.84. The van der Waals surface area contributed by atoms with E-state index in [1.54, 1.807) is 4.90 Å². The molecule has 1 aliphatic heterocycles. The number of anilines is 1. The van der Waals surface area contributed by atoms with Gasteiger partial charge in [-0.2, -0.15) is 0 Å². The SMILES string of the molecule is O=C(O)CCC(=O)N1Cc2ccccc2C2=C(CC2)c2ccccc21. The van der Waals surface area contributed by atoms with E-state index in [1.165, 1.54) is 16.7 Å². The van der Waals surface area contributed by atoms with Gasteiger partial charge in [0, 0.05) is 12.0 Å². The molecule has 2 aliphatic rings. The predicted octanol–water partition coefficient (Wildman–Crippen LogP) is 4.10.